The first kappa shape index (κ1) is 13.1. The van der Waals surface area contributed by atoms with Crippen molar-refractivity contribution in [3.05, 3.63) is 17.3 Å². The van der Waals surface area contributed by atoms with Crippen LogP contribution in [0.5, 0.6) is 0 Å². The highest BCUT2D eigenvalue weighted by Crippen LogP contribution is 2.18. The van der Waals surface area contributed by atoms with Crippen LogP contribution in [0, 0.1) is 5.82 Å². The third kappa shape index (κ3) is 3.28. The zero-order chi connectivity index (χ0) is 12.0. The molecule has 0 N–H and O–H groups in total. The maximum absolute atomic E-state index is 13.3. The van der Waals surface area contributed by atoms with Gasteiger partial charge in [0.25, 0.3) is 0 Å². The Kier molecular flexibility index (Phi) is 5.42. The summed E-state index contributed by atoms with van der Waals surface area (Å²) in [5.41, 5.74) is 0. The fourth-order valence-electron chi connectivity index (χ4n) is 1.33. The van der Waals surface area contributed by atoms with E-state index in [1.165, 1.54) is 0 Å². The van der Waals surface area contributed by atoms with Crippen molar-refractivity contribution in [1.82, 2.24) is 9.97 Å². The number of halogens is 2. The van der Waals surface area contributed by atoms with Crippen LogP contribution in [-0.4, -0.2) is 36.3 Å². The molecule has 0 aromatic carbocycles. The van der Waals surface area contributed by atoms with Crippen LogP contribution in [0.4, 0.5) is 10.2 Å². The van der Waals surface area contributed by atoms with Gasteiger partial charge >= 0.3 is 0 Å². The molecular formula is C10H15ClFN3O. The number of hydrogen-bond donors (Lipinski definition) is 0. The molecule has 0 atom stereocenters. The zero-order valence-electron chi connectivity index (χ0n) is 9.41. The van der Waals surface area contributed by atoms with E-state index in [-0.39, 0.29) is 11.1 Å². The summed E-state index contributed by atoms with van der Waals surface area (Å²) in [6.45, 7) is 6.43. The van der Waals surface area contributed by atoms with E-state index >= 15 is 0 Å². The number of rotatable bonds is 1. The van der Waals surface area contributed by atoms with Gasteiger partial charge in [-0.2, -0.15) is 4.98 Å². The van der Waals surface area contributed by atoms with E-state index in [2.05, 4.69) is 9.97 Å². The van der Waals surface area contributed by atoms with Crippen LogP contribution in [0.15, 0.2) is 6.20 Å². The molecule has 1 aliphatic heterocycles. The predicted molar refractivity (Wildman–Crippen MR) is 61.4 cm³/mol. The van der Waals surface area contributed by atoms with Gasteiger partial charge < -0.3 is 9.64 Å². The highest BCUT2D eigenvalue weighted by atomic mass is 35.5. The van der Waals surface area contributed by atoms with Gasteiger partial charge in [0.2, 0.25) is 5.28 Å². The zero-order valence-corrected chi connectivity index (χ0v) is 10.2. The Hall–Kier alpha value is -0.940. The summed E-state index contributed by atoms with van der Waals surface area (Å²) in [5, 5.41) is 0.0629. The maximum Gasteiger partial charge on any atom is 0.224 e. The Balaban J connectivity index is 0.000000606. The molecule has 90 valence electrons. The Morgan fingerprint density at radius 3 is 2.62 bits per heavy atom. The smallest absolute Gasteiger partial charge is 0.224 e. The molecule has 6 heteroatoms. The summed E-state index contributed by atoms with van der Waals surface area (Å²) >= 11 is 5.59. The second-order valence-electron chi connectivity index (χ2n) is 2.91. The summed E-state index contributed by atoms with van der Waals surface area (Å²) in [6.07, 6.45) is 1.08. The van der Waals surface area contributed by atoms with Crippen molar-refractivity contribution in [3.8, 4) is 0 Å². The van der Waals surface area contributed by atoms with Gasteiger partial charge in [-0.15, -0.1) is 0 Å². The van der Waals surface area contributed by atoms with Crippen molar-refractivity contribution in [2.75, 3.05) is 31.2 Å². The van der Waals surface area contributed by atoms with Crippen LogP contribution < -0.4 is 4.90 Å². The Morgan fingerprint density at radius 1 is 1.38 bits per heavy atom. The third-order valence-electron chi connectivity index (χ3n) is 2.01. The summed E-state index contributed by atoms with van der Waals surface area (Å²) in [7, 11) is 0. The van der Waals surface area contributed by atoms with Gasteiger partial charge in [0.1, 0.15) is 0 Å². The number of hydrogen-bond acceptors (Lipinski definition) is 4. The molecule has 1 aromatic heterocycles. The van der Waals surface area contributed by atoms with Gasteiger partial charge in [-0.05, 0) is 11.6 Å². The fourth-order valence-corrected chi connectivity index (χ4v) is 1.46. The second-order valence-corrected chi connectivity index (χ2v) is 3.25. The summed E-state index contributed by atoms with van der Waals surface area (Å²) in [5.74, 6) is -0.190. The molecule has 2 rings (SSSR count). The van der Waals surface area contributed by atoms with Gasteiger partial charge in [-0.1, -0.05) is 13.8 Å². The monoisotopic (exact) mass is 247 g/mol. The molecule has 0 aliphatic carbocycles. The lowest BCUT2D eigenvalue weighted by atomic mass is 10.4. The molecule has 0 amide bonds. The number of anilines is 1. The molecule has 1 fully saturated rings. The van der Waals surface area contributed by atoms with Crippen LogP contribution in [0.1, 0.15) is 13.8 Å². The number of morpholine rings is 1. The molecule has 0 spiro atoms. The first-order chi connectivity index (χ1) is 7.77. The standard InChI is InChI=1S/C8H9ClFN3O.C2H6/c9-8-11-5-6(10)7(12-8)13-1-3-14-4-2-13;1-2/h5H,1-4H2;1-2H3. The molecule has 0 saturated carbocycles. The maximum atomic E-state index is 13.3. The molecule has 2 heterocycles. The first-order valence-corrected chi connectivity index (χ1v) is 5.66. The topological polar surface area (TPSA) is 38.2 Å². The van der Waals surface area contributed by atoms with Gasteiger partial charge in [0.05, 0.1) is 19.4 Å². The average molecular weight is 248 g/mol. The van der Waals surface area contributed by atoms with E-state index in [1.54, 1.807) is 4.90 Å². The van der Waals surface area contributed by atoms with Crippen molar-refractivity contribution >= 4 is 17.4 Å². The molecule has 0 unspecified atom stereocenters. The van der Waals surface area contributed by atoms with E-state index in [1.807, 2.05) is 13.8 Å². The Morgan fingerprint density at radius 2 is 2.00 bits per heavy atom. The van der Waals surface area contributed by atoms with Gasteiger partial charge in [0.15, 0.2) is 11.6 Å². The predicted octanol–water partition coefficient (Wildman–Crippen LogP) is 2.13. The molecule has 4 nitrogen and oxygen atoms in total. The normalized spacial score (nSPS) is 15.4. The van der Waals surface area contributed by atoms with E-state index in [9.17, 15) is 4.39 Å². The number of nitrogens with zero attached hydrogens (tertiary/aromatic N) is 3. The van der Waals surface area contributed by atoms with E-state index in [4.69, 9.17) is 16.3 Å². The fraction of sp³-hybridized carbons (Fsp3) is 0.600. The number of ether oxygens (including phenoxy) is 1. The van der Waals surface area contributed by atoms with Crippen molar-refractivity contribution in [3.63, 3.8) is 0 Å². The van der Waals surface area contributed by atoms with Crippen molar-refractivity contribution in [2.45, 2.75) is 13.8 Å². The van der Waals surface area contributed by atoms with Crippen LogP contribution in [-0.2, 0) is 4.74 Å². The van der Waals surface area contributed by atoms with E-state index in [0.717, 1.165) is 6.20 Å². The molecular weight excluding hydrogens is 233 g/mol. The Labute approximate surface area is 99.4 Å². The van der Waals surface area contributed by atoms with Crippen LogP contribution >= 0.6 is 11.6 Å². The van der Waals surface area contributed by atoms with Crippen LogP contribution in [0.25, 0.3) is 0 Å². The third-order valence-corrected chi connectivity index (χ3v) is 2.19. The van der Waals surface area contributed by atoms with Gasteiger partial charge in [-0.25, -0.2) is 9.37 Å². The quantitative estimate of drug-likeness (QED) is 0.713. The molecule has 16 heavy (non-hydrogen) atoms. The molecule has 1 aromatic rings. The summed E-state index contributed by atoms with van der Waals surface area (Å²) < 4.78 is 18.4. The molecule has 0 radical (unpaired) electrons. The van der Waals surface area contributed by atoms with Crippen molar-refractivity contribution in [1.29, 1.82) is 0 Å². The number of aromatic nitrogens is 2. The lowest BCUT2D eigenvalue weighted by molar-refractivity contribution is 0.122. The highest BCUT2D eigenvalue weighted by molar-refractivity contribution is 6.28. The van der Waals surface area contributed by atoms with Crippen LogP contribution in [0.2, 0.25) is 5.28 Å². The second kappa shape index (κ2) is 6.60. The van der Waals surface area contributed by atoms with E-state index in [0.29, 0.717) is 26.3 Å². The minimum absolute atomic E-state index is 0.0629. The minimum Gasteiger partial charge on any atom is -0.378 e. The molecule has 1 aliphatic rings. The van der Waals surface area contributed by atoms with Gasteiger partial charge in [0, 0.05) is 13.1 Å². The summed E-state index contributed by atoms with van der Waals surface area (Å²) in [4.78, 5) is 9.20. The Bertz CT molecular complexity index is 332. The molecule has 1 saturated heterocycles. The first-order valence-electron chi connectivity index (χ1n) is 5.28. The van der Waals surface area contributed by atoms with Crippen LogP contribution in [0.3, 0.4) is 0 Å². The SMILES string of the molecule is CC.Fc1cnc(Cl)nc1N1CCOCC1. The van der Waals surface area contributed by atoms with Crippen molar-refractivity contribution in [2.24, 2.45) is 0 Å². The van der Waals surface area contributed by atoms with Gasteiger partial charge in [-0.3, -0.25) is 0 Å². The minimum atomic E-state index is -0.448. The molecule has 0 bridgehead atoms. The largest absolute Gasteiger partial charge is 0.378 e. The lowest BCUT2D eigenvalue weighted by Crippen LogP contribution is -2.37. The highest BCUT2D eigenvalue weighted by Gasteiger charge is 2.17. The summed E-state index contributed by atoms with van der Waals surface area (Å²) in [6, 6.07) is 0. The average Bonchev–Trinajstić information content (AvgIpc) is 2.36. The van der Waals surface area contributed by atoms with Crippen molar-refractivity contribution < 1.29 is 9.13 Å². The lowest BCUT2D eigenvalue weighted by Gasteiger charge is -2.27. The van der Waals surface area contributed by atoms with E-state index < -0.39 is 5.82 Å².